The second-order valence-electron chi connectivity index (χ2n) is 7.16. The largest absolute Gasteiger partial charge is 0.336 e. The molecule has 156 valence electrons. The molecular weight excluding hydrogens is 403 g/mol. The lowest BCUT2D eigenvalue weighted by Gasteiger charge is -2.02. The first-order valence-corrected chi connectivity index (χ1v) is 10.1. The van der Waals surface area contributed by atoms with Crippen LogP contribution in [0.4, 0.5) is 4.39 Å². The Balaban J connectivity index is 1.64. The van der Waals surface area contributed by atoms with E-state index in [1.807, 2.05) is 43.3 Å². The number of aliphatic imine (C=N–C) groups is 1. The van der Waals surface area contributed by atoms with Gasteiger partial charge in [-0.1, -0.05) is 36.9 Å². The first-order chi connectivity index (χ1) is 15.7. The fourth-order valence-electron chi connectivity index (χ4n) is 3.65. The van der Waals surface area contributed by atoms with Gasteiger partial charge in [-0.15, -0.1) is 0 Å². The van der Waals surface area contributed by atoms with E-state index in [-0.39, 0.29) is 5.82 Å². The lowest BCUT2D eigenvalue weighted by molar-refractivity contribution is 0.628. The van der Waals surface area contributed by atoms with Gasteiger partial charge in [0.1, 0.15) is 11.3 Å². The Bertz CT molecular complexity index is 1510. The number of aromatic amines is 2. The molecule has 0 amide bonds. The van der Waals surface area contributed by atoms with E-state index in [4.69, 9.17) is 9.97 Å². The number of allylic oxidation sites excluding steroid dienone is 2. The predicted molar refractivity (Wildman–Crippen MR) is 127 cm³/mol. The zero-order valence-electron chi connectivity index (χ0n) is 17.3. The van der Waals surface area contributed by atoms with E-state index in [0.29, 0.717) is 17.0 Å². The standard InChI is InChI=1S/C25H19FN6/c1-3-15(14-27-4-2)19-12-13-21-23(28-19)24(32-31-21)25-29-20-7-5-6-18(22(20)30-25)16-8-10-17(26)11-9-16/h3-14H,2H2,1H3,(H,29,30)(H,31,32)/b15-3+,27-14?. The van der Waals surface area contributed by atoms with Crippen LogP contribution in [0.15, 0.2) is 78.4 Å². The zero-order chi connectivity index (χ0) is 22.1. The van der Waals surface area contributed by atoms with E-state index in [2.05, 4.69) is 26.8 Å². The number of hydrogen-bond donors (Lipinski definition) is 2. The van der Waals surface area contributed by atoms with Crippen molar-refractivity contribution in [3.8, 4) is 22.6 Å². The Hall–Kier alpha value is -4.39. The minimum atomic E-state index is -0.271. The molecule has 7 heteroatoms. The van der Waals surface area contributed by atoms with Gasteiger partial charge in [-0.25, -0.2) is 14.4 Å². The number of hydrogen-bond acceptors (Lipinski definition) is 4. The Labute approximate surface area is 183 Å². The molecule has 2 N–H and O–H groups in total. The van der Waals surface area contributed by atoms with Gasteiger partial charge in [0.05, 0.1) is 22.2 Å². The van der Waals surface area contributed by atoms with E-state index in [0.717, 1.165) is 38.9 Å². The van der Waals surface area contributed by atoms with Gasteiger partial charge in [0, 0.05) is 23.6 Å². The summed E-state index contributed by atoms with van der Waals surface area (Å²) in [5.41, 5.74) is 7.24. The van der Waals surface area contributed by atoms with Crippen LogP contribution in [0.2, 0.25) is 0 Å². The SMILES string of the molecule is C=CN=C/C(=C\C)c1ccc2[nH]nc(-c3nc4c(-c5ccc(F)cc5)cccc4[nH]3)c2n1. The maximum Gasteiger partial charge on any atom is 0.161 e. The van der Waals surface area contributed by atoms with Crippen LogP contribution in [0.1, 0.15) is 12.6 Å². The highest BCUT2D eigenvalue weighted by atomic mass is 19.1. The third-order valence-electron chi connectivity index (χ3n) is 5.23. The average molecular weight is 422 g/mol. The summed E-state index contributed by atoms with van der Waals surface area (Å²) >= 11 is 0. The Morgan fingerprint density at radius 2 is 1.84 bits per heavy atom. The number of nitrogens with zero attached hydrogens (tertiary/aromatic N) is 4. The first-order valence-electron chi connectivity index (χ1n) is 10.1. The topological polar surface area (TPSA) is 82.6 Å². The van der Waals surface area contributed by atoms with Gasteiger partial charge in [-0.05, 0) is 42.8 Å². The van der Waals surface area contributed by atoms with Crippen molar-refractivity contribution in [1.29, 1.82) is 0 Å². The van der Waals surface area contributed by atoms with Gasteiger partial charge in [0.2, 0.25) is 0 Å². The van der Waals surface area contributed by atoms with Crippen molar-refractivity contribution >= 4 is 33.9 Å². The quantitative estimate of drug-likeness (QED) is 0.345. The second kappa shape index (κ2) is 8.03. The Morgan fingerprint density at radius 3 is 2.62 bits per heavy atom. The summed E-state index contributed by atoms with van der Waals surface area (Å²) in [6.07, 6.45) is 5.15. The van der Waals surface area contributed by atoms with Gasteiger partial charge >= 0.3 is 0 Å². The van der Waals surface area contributed by atoms with E-state index in [1.54, 1.807) is 18.3 Å². The van der Waals surface area contributed by atoms with Crippen LogP contribution in [0, 0.1) is 5.82 Å². The third kappa shape index (κ3) is 3.39. The normalized spacial score (nSPS) is 12.2. The highest BCUT2D eigenvalue weighted by molar-refractivity contribution is 6.09. The molecule has 0 spiro atoms. The number of imidazole rings is 1. The number of nitrogens with one attached hydrogen (secondary N) is 2. The van der Waals surface area contributed by atoms with Crippen molar-refractivity contribution in [2.45, 2.75) is 6.92 Å². The van der Waals surface area contributed by atoms with Gasteiger partial charge in [-0.3, -0.25) is 10.1 Å². The second-order valence-corrected chi connectivity index (χ2v) is 7.16. The number of aromatic nitrogens is 5. The summed E-state index contributed by atoms with van der Waals surface area (Å²) < 4.78 is 13.4. The third-order valence-corrected chi connectivity index (χ3v) is 5.23. The van der Waals surface area contributed by atoms with Crippen LogP contribution >= 0.6 is 0 Å². The highest BCUT2D eigenvalue weighted by Crippen LogP contribution is 2.31. The van der Waals surface area contributed by atoms with Crippen molar-refractivity contribution in [1.82, 2.24) is 25.1 Å². The molecule has 0 aliphatic rings. The predicted octanol–water partition coefficient (Wildman–Crippen LogP) is 5.92. The van der Waals surface area contributed by atoms with E-state index in [9.17, 15) is 4.39 Å². The van der Waals surface area contributed by atoms with Crippen molar-refractivity contribution in [2.75, 3.05) is 0 Å². The number of halogens is 1. The lowest BCUT2D eigenvalue weighted by atomic mass is 10.0. The molecule has 5 rings (SSSR count). The molecule has 0 saturated heterocycles. The highest BCUT2D eigenvalue weighted by Gasteiger charge is 2.17. The number of para-hydroxylation sites is 1. The fourth-order valence-corrected chi connectivity index (χ4v) is 3.65. The number of rotatable bonds is 5. The first kappa shape index (κ1) is 19.6. The van der Waals surface area contributed by atoms with Crippen LogP contribution in [-0.2, 0) is 0 Å². The number of fused-ring (bicyclic) bond motifs is 2. The molecule has 0 radical (unpaired) electrons. The molecule has 0 aliphatic carbocycles. The van der Waals surface area contributed by atoms with E-state index in [1.165, 1.54) is 18.3 Å². The summed E-state index contributed by atoms with van der Waals surface area (Å²) in [4.78, 5) is 17.1. The molecule has 32 heavy (non-hydrogen) atoms. The van der Waals surface area contributed by atoms with E-state index >= 15 is 0 Å². The number of H-pyrrole nitrogens is 2. The van der Waals surface area contributed by atoms with Crippen LogP contribution in [0.3, 0.4) is 0 Å². The summed E-state index contributed by atoms with van der Waals surface area (Å²) in [5.74, 6) is 0.333. The molecule has 0 bridgehead atoms. The number of pyridine rings is 1. The molecule has 0 fully saturated rings. The van der Waals surface area contributed by atoms with Gasteiger partial charge < -0.3 is 4.98 Å². The lowest BCUT2D eigenvalue weighted by Crippen LogP contribution is -1.92. The Morgan fingerprint density at radius 1 is 1.00 bits per heavy atom. The molecule has 6 nitrogen and oxygen atoms in total. The molecule has 3 heterocycles. The van der Waals surface area contributed by atoms with Crippen LogP contribution < -0.4 is 0 Å². The van der Waals surface area contributed by atoms with E-state index < -0.39 is 0 Å². The van der Waals surface area contributed by atoms with Gasteiger partial charge in [-0.2, -0.15) is 5.10 Å². The Kier molecular flexibility index (Phi) is 4.91. The van der Waals surface area contributed by atoms with Crippen LogP contribution in [0.25, 0.3) is 50.3 Å². The van der Waals surface area contributed by atoms with Crippen molar-refractivity contribution in [3.05, 3.63) is 85.0 Å². The molecular formula is C25H19FN6. The molecule has 0 atom stereocenters. The van der Waals surface area contributed by atoms with Crippen molar-refractivity contribution in [3.63, 3.8) is 0 Å². The molecule has 0 unspecified atom stereocenters. The van der Waals surface area contributed by atoms with Crippen LogP contribution in [0.5, 0.6) is 0 Å². The maximum atomic E-state index is 13.4. The average Bonchev–Trinajstić information content (AvgIpc) is 3.43. The smallest absolute Gasteiger partial charge is 0.161 e. The van der Waals surface area contributed by atoms with Crippen molar-refractivity contribution in [2.24, 2.45) is 4.99 Å². The summed E-state index contributed by atoms with van der Waals surface area (Å²) in [6, 6.07) is 16.1. The maximum absolute atomic E-state index is 13.4. The summed E-state index contributed by atoms with van der Waals surface area (Å²) in [7, 11) is 0. The fraction of sp³-hybridized carbons (Fsp3) is 0.0400. The molecule has 3 aromatic heterocycles. The molecule has 0 aliphatic heterocycles. The summed E-state index contributed by atoms with van der Waals surface area (Å²) in [6.45, 7) is 5.55. The number of benzene rings is 2. The molecule has 5 aromatic rings. The monoisotopic (exact) mass is 422 g/mol. The van der Waals surface area contributed by atoms with Crippen LogP contribution in [-0.4, -0.2) is 31.4 Å². The minimum absolute atomic E-state index is 0.271. The molecule has 2 aromatic carbocycles. The van der Waals surface area contributed by atoms with Crippen molar-refractivity contribution < 1.29 is 4.39 Å². The molecule has 0 saturated carbocycles. The van der Waals surface area contributed by atoms with Gasteiger partial charge in [0.15, 0.2) is 11.5 Å². The minimum Gasteiger partial charge on any atom is -0.336 e. The zero-order valence-corrected chi connectivity index (χ0v) is 17.3. The summed E-state index contributed by atoms with van der Waals surface area (Å²) in [5, 5.41) is 7.49. The van der Waals surface area contributed by atoms with Gasteiger partial charge in [0.25, 0.3) is 0 Å².